The van der Waals surface area contributed by atoms with Crippen LogP contribution in [0.5, 0.6) is 0 Å². The summed E-state index contributed by atoms with van der Waals surface area (Å²) in [5, 5.41) is 6.13. The molecule has 2 aromatic rings. The number of imidazole rings is 1. The number of fused-ring (bicyclic) bond motifs is 1. The standard InChI is InChI=1S/C26H34N4O3/c1-2-7-33-8-6-27-23(31)10-20-15-30-21(4-3-5-22(30)29-20)24(32)28-16-25-11-17-9-18(12-25)26(17)14-19(26)13-25/h3-5,15,17-19H,2,6-14,16H2,1H3,(H,27,31)(H,28,32). The van der Waals surface area contributed by atoms with E-state index in [2.05, 4.69) is 22.5 Å². The number of rotatable bonds is 10. The van der Waals surface area contributed by atoms with Gasteiger partial charge in [0.25, 0.3) is 5.91 Å². The van der Waals surface area contributed by atoms with Crippen LogP contribution in [0.3, 0.4) is 0 Å². The zero-order valence-corrected chi connectivity index (χ0v) is 19.4. The zero-order valence-electron chi connectivity index (χ0n) is 19.4. The minimum absolute atomic E-state index is 0.0525. The molecule has 8 rings (SSSR count). The van der Waals surface area contributed by atoms with Gasteiger partial charge in [0.05, 0.1) is 18.7 Å². The lowest BCUT2D eigenvalue weighted by Crippen LogP contribution is -2.58. The Bertz CT molecular complexity index is 1080. The number of pyridine rings is 1. The van der Waals surface area contributed by atoms with Gasteiger partial charge in [-0.3, -0.25) is 14.0 Å². The number of aromatic nitrogens is 2. The largest absolute Gasteiger partial charge is 0.380 e. The van der Waals surface area contributed by atoms with E-state index in [1.54, 1.807) is 0 Å². The molecule has 6 aliphatic rings. The third kappa shape index (κ3) is 3.47. The highest BCUT2D eigenvalue weighted by Crippen LogP contribution is 2.84. The first-order chi connectivity index (χ1) is 16.0. The molecule has 0 aromatic carbocycles. The lowest BCUT2D eigenvalue weighted by molar-refractivity contribution is -0.136. The number of hydrogen-bond donors (Lipinski definition) is 2. The van der Waals surface area contributed by atoms with Crippen LogP contribution in [-0.4, -0.2) is 47.5 Å². The van der Waals surface area contributed by atoms with E-state index in [0.29, 0.717) is 42.2 Å². The molecule has 2 aromatic heterocycles. The smallest absolute Gasteiger partial charge is 0.268 e. The van der Waals surface area contributed by atoms with Gasteiger partial charge in [-0.25, -0.2) is 4.98 Å². The van der Waals surface area contributed by atoms with Crippen molar-refractivity contribution in [3.05, 3.63) is 35.8 Å². The first-order valence-electron chi connectivity index (χ1n) is 12.6. The molecule has 6 aliphatic carbocycles. The lowest BCUT2D eigenvalue weighted by Gasteiger charge is -2.63. The van der Waals surface area contributed by atoms with Gasteiger partial charge in [-0.1, -0.05) is 13.0 Å². The van der Waals surface area contributed by atoms with Crippen molar-refractivity contribution in [1.82, 2.24) is 20.0 Å². The molecular formula is C26H34N4O3. The molecule has 7 heteroatoms. The van der Waals surface area contributed by atoms with Crippen LogP contribution in [0, 0.1) is 28.6 Å². The molecule has 4 bridgehead atoms. The quantitative estimate of drug-likeness (QED) is 0.545. The maximum absolute atomic E-state index is 13.2. The van der Waals surface area contributed by atoms with Crippen molar-refractivity contribution in [3.63, 3.8) is 0 Å². The van der Waals surface area contributed by atoms with Crippen LogP contribution >= 0.6 is 0 Å². The van der Waals surface area contributed by atoms with E-state index in [0.717, 1.165) is 36.1 Å². The molecule has 1 spiro atoms. The predicted molar refractivity (Wildman–Crippen MR) is 124 cm³/mol. The average Bonchev–Trinajstić information content (AvgIpc) is 3.44. The Labute approximate surface area is 194 Å². The zero-order chi connectivity index (χ0) is 22.6. The molecule has 33 heavy (non-hydrogen) atoms. The fourth-order valence-electron chi connectivity index (χ4n) is 7.59. The number of carbonyl (C=O) groups excluding carboxylic acids is 2. The summed E-state index contributed by atoms with van der Waals surface area (Å²) in [6, 6.07) is 5.57. The van der Waals surface area contributed by atoms with Crippen LogP contribution < -0.4 is 10.6 Å². The topological polar surface area (TPSA) is 84.7 Å². The molecule has 6 saturated carbocycles. The maximum Gasteiger partial charge on any atom is 0.268 e. The van der Waals surface area contributed by atoms with Crippen LogP contribution in [0.1, 0.15) is 61.6 Å². The van der Waals surface area contributed by atoms with Gasteiger partial charge in [-0.05, 0) is 79.2 Å². The normalized spacial score (nSPS) is 32.8. The highest BCUT2D eigenvalue weighted by Gasteiger charge is 2.77. The van der Waals surface area contributed by atoms with Crippen molar-refractivity contribution in [2.24, 2.45) is 28.6 Å². The number of carbonyl (C=O) groups is 2. The third-order valence-electron chi connectivity index (χ3n) is 8.98. The summed E-state index contributed by atoms with van der Waals surface area (Å²) in [4.78, 5) is 30.0. The fraction of sp³-hybridized carbons (Fsp3) is 0.654. The minimum atomic E-state index is -0.0899. The van der Waals surface area contributed by atoms with Gasteiger partial charge in [-0.2, -0.15) is 0 Å². The summed E-state index contributed by atoms with van der Waals surface area (Å²) in [6.07, 6.45) is 9.76. The van der Waals surface area contributed by atoms with E-state index in [4.69, 9.17) is 4.74 Å². The molecule has 2 amide bonds. The van der Waals surface area contributed by atoms with Crippen LogP contribution in [0.15, 0.2) is 24.4 Å². The monoisotopic (exact) mass is 450 g/mol. The molecule has 3 unspecified atom stereocenters. The van der Waals surface area contributed by atoms with E-state index in [1.165, 1.54) is 32.1 Å². The van der Waals surface area contributed by atoms with E-state index in [9.17, 15) is 9.59 Å². The molecule has 0 saturated heterocycles. The number of ether oxygens (including phenoxy) is 1. The number of nitrogens with zero attached hydrogens (tertiary/aromatic N) is 2. The Morgan fingerprint density at radius 2 is 1.94 bits per heavy atom. The van der Waals surface area contributed by atoms with Gasteiger partial charge in [0.2, 0.25) is 5.91 Å². The molecule has 0 aliphatic heterocycles. The van der Waals surface area contributed by atoms with Crippen molar-refractivity contribution in [2.45, 2.75) is 51.9 Å². The number of amides is 2. The summed E-state index contributed by atoms with van der Waals surface area (Å²) in [5.41, 5.74) is 2.99. The molecular weight excluding hydrogens is 416 g/mol. The fourth-order valence-corrected chi connectivity index (χ4v) is 7.59. The lowest BCUT2D eigenvalue weighted by atomic mass is 9.42. The molecule has 3 atom stereocenters. The molecule has 0 radical (unpaired) electrons. The summed E-state index contributed by atoms with van der Waals surface area (Å²) in [5.74, 6) is 2.65. The van der Waals surface area contributed by atoms with E-state index >= 15 is 0 Å². The van der Waals surface area contributed by atoms with Gasteiger partial charge in [-0.15, -0.1) is 0 Å². The number of nitrogens with one attached hydrogen (secondary N) is 2. The summed E-state index contributed by atoms with van der Waals surface area (Å²) in [6.45, 7) is 4.55. The summed E-state index contributed by atoms with van der Waals surface area (Å²) >= 11 is 0. The summed E-state index contributed by atoms with van der Waals surface area (Å²) < 4.78 is 7.21. The van der Waals surface area contributed by atoms with Crippen LogP contribution in [0.2, 0.25) is 0 Å². The molecule has 2 heterocycles. The highest BCUT2D eigenvalue weighted by molar-refractivity contribution is 5.93. The second kappa shape index (κ2) is 7.83. The summed E-state index contributed by atoms with van der Waals surface area (Å²) in [7, 11) is 0. The molecule has 176 valence electrons. The average molecular weight is 451 g/mol. The number of hydrogen-bond acceptors (Lipinski definition) is 4. The van der Waals surface area contributed by atoms with E-state index < -0.39 is 0 Å². The molecule has 2 N–H and O–H groups in total. The Balaban J connectivity index is 1.08. The van der Waals surface area contributed by atoms with Gasteiger partial charge in [0.1, 0.15) is 11.3 Å². The van der Waals surface area contributed by atoms with Crippen molar-refractivity contribution < 1.29 is 14.3 Å². The van der Waals surface area contributed by atoms with Crippen LogP contribution in [0.25, 0.3) is 5.65 Å². The van der Waals surface area contributed by atoms with E-state index in [1.807, 2.05) is 28.8 Å². The highest BCUT2D eigenvalue weighted by atomic mass is 16.5. The predicted octanol–water partition coefficient (Wildman–Crippen LogP) is 2.98. The second-order valence-electron chi connectivity index (χ2n) is 10.9. The Hall–Kier alpha value is -2.41. The second-order valence-corrected chi connectivity index (χ2v) is 10.9. The maximum atomic E-state index is 13.2. The third-order valence-corrected chi connectivity index (χ3v) is 8.98. The Kier molecular flexibility index (Phi) is 5.02. The van der Waals surface area contributed by atoms with Gasteiger partial charge < -0.3 is 15.4 Å². The van der Waals surface area contributed by atoms with Gasteiger partial charge in [0.15, 0.2) is 0 Å². The van der Waals surface area contributed by atoms with Crippen molar-refractivity contribution >= 4 is 17.5 Å². The Morgan fingerprint density at radius 3 is 2.73 bits per heavy atom. The van der Waals surface area contributed by atoms with Gasteiger partial charge in [0, 0.05) is 25.9 Å². The van der Waals surface area contributed by atoms with Crippen molar-refractivity contribution in [1.29, 1.82) is 0 Å². The molecule has 6 fully saturated rings. The SMILES string of the molecule is CCCOCCNC(=O)Cc1cn2c(C(=O)NCC34CC5CC(C3)C53CC3C4)cccc2n1. The van der Waals surface area contributed by atoms with Crippen LogP contribution in [0.4, 0.5) is 0 Å². The Morgan fingerprint density at radius 1 is 1.12 bits per heavy atom. The van der Waals surface area contributed by atoms with Crippen LogP contribution in [-0.2, 0) is 16.0 Å². The van der Waals surface area contributed by atoms with E-state index in [-0.39, 0.29) is 18.2 Å². The first-order valence-corrected chi connectivity index (χ1v) is 12.6. The van der Waals surface area contributed by atoms with Gasteiger partial charge >= 0.3 is 0 Å². The minimum Gasteiger partial charge on any atom is -0.380 e. The first kappa shape index (κ1) is 21.1. The van der Waals surface area contributed by atoms with Crippen molar-refractivity contribution in [2.75, 3.05) is 26.3 Å². The van der Waals surface area contributed by atoms with Crippen molar-refractivity contribution in [3.8, 4) is 0 Å². The molecule has 7 nitrogen and oxygen atoms in total.